The number of piperidine rings is 1. The number of likely N-dealkylation sites (tertiary alicyclic amines) is 1. The van der Waals surface area contributed by atoms with Crippen molar-refractivity contribution in [1.82, 2.24) is 14.0 Å². The zero-order chi connectivity index (χ0) is 26.2. The Morgan fingerprint density at radius 3 is 2.22 bits per heavy atom. The Balaban J connectivity index is 1.55. The van der Waals surface area contributed by atoms with E-state index in [2.05, 4.69) is 0 Å². The van der Waals surface area contributed by atoms with Crippen molar-refractivity contribution >= 4 is 27.6 Å². The number of carbonyl (C=O) groups is 1. The van der Waals surface area contributed by atoms with Crippen LogP contribution in [-0.4, -0.2) is 38.8 Å². The Hall–Kier alpha value is -3.65. The number of thiophene rings is 1. The first-order valence-corrected chi connectivity index (χ1v) is 13.4. The molecule has 7 nitrogen and oxygen atoms in total. The number of benzene rings is 2. The van der Waals surface area contributed by atoms with E-state index in [0.717, 1.165) is 16.0 Å². The first kappa shape index (κ1) is 25.0. The highest BCUT2D eigenvalue weighted by atomic mass is 32.1. The Morgan fingerprint density at radius 2 is 1.59 bits per heavy atom. The molecule has 0 unspecified atom stereocenters. The number of hydrogen-bond acceptors (Lipinski definition) is 5. The maximum atomic E-state index is 13.9. The fraction of sp³-hybridized carbons (Fsp3) is 0.345. The summed E-state index contributed by atoms with van der Waals surface area (Å²) in [6, 6.07) is 21.4. The molecule has 0 bridgehead atoms. The van der Waals surface area contributed by atoms with Gasteiger partial charge in [0.2, 0.25) is 0 Å². The molecule has 1 fully saturated rings. The number of amides is 1. The summed E-state index contributed by atoms with van der Waals surface area (Å²) in [6.45, 7) is 6.76. The molecule has 1 amide bonds. The molecule has 1 aliphatic rings. The van der Waals surface area contributed by atoms with E-state index in [0.29, 0.717) is 42.7 Å². The Bertz CT molecular complexity index is 1520. The van der Waals surface area contributed by atoms with Gasteiger partial charge in [0.25, 0.3) is 5.56 Å². The Morgan fingerprint density at radius 1 is 0.973 bits per heavy atom. The molecule has 0 saturated carbocycles. The third-order valence-corrected chi connectivity index (χ3v) is 7.74. The lowest BCUT2D eigenvalue weighted by atomic mass is 10.1. The molecular weight excluding hydrogens is 486 g/mol. The number of rotatable bonds is 4. The molecule has 8 heteroatoms. The van der Waals surface area contributed by atoms with Crippen LogP contribution in [0, 0.1) is 0 Å². The molecule has 5 rings (SSSR count). The van der Waals surface area contributed by atoms with Crippen molar-refractivity contribution in [2.24, 2.45) is 0 Å². The Kier molecular flexibility index (Phi) is 6.77. The van der Waals surface area contributed by atoms with Crippen LogP contribution in [0.15, 0.2) is 76.3 Å². The highest BCUT2D eigenvalue weighted by molar-refractivity contribution is 7.22. The monoisotopic (exact) mass is 517 g/mol. The fourth-order valence-corrected chi connectivity index (χ4v) is 5.89. The van der Waals surface area contributed by atoms with Crippen molar-refractivity contribution in [1.29, 1.82) is 0 Å². The SMILES string of the molecule is CC(C)(C)OC(=O)N1CCC(n2c(=O)c3sc(-c4ccccc4)cc3n(Cc3ccccc3)c2=O)CC1. The van der Waals surface area contributed by atoms with E-state index in [-0.39, 0.29) is 23.4 Å². The van der Waals surface area contributed by atoms with Crippen LogP contribution in [0.4, 0.5) is 4.79 Å². The predicted molar refractivity (Wildman–Crippen MR) is 147 cm³/mol. The van der Waals surface area contributed by atoms with E-state index in [9.17, 15) is 14.4 Å². The largest absolute Gasteiger partial charge is 0.444 e. The topological polar surface area (TPSA) is 73.5 Å². The second-order valence-corrected chi connectivity index (χ2v) is 11.5. The number of carbonyl (C=O) groups excluding carboxylic acids is 1. The minimum absolute atomic E-state index is 0.257. The highest BCUT2D eigenvalue weighted by Crippen LogP contribution is 2.32. The van der Waals surface area contributed by atoms with Gasteiger partial charge in [0.15, 0.2) is 0 Å². The van der Waals surface area contributed by atoms with Crippen molar-refractivity contribution < 1.29 is 9.53 Å². The molecule has 0 atom stereocenters. The molecular formula is C29H31N3O4S. The van der Waals surface area contributed by atoms with Crippen LogP contribution in [0.25, 0.3) is 20.7 Å². The van der Waals surface area contributed by atoms with Gasteiger partial charge in [-0.25, -0.2) is 9.59 Å². The molecule has 2 aromatic carbocycles. The van der Waals surface area contributed by atoms with Gasteiger partial charge in [0.1, 0.15) is 10.3 Å². The van der Waals surface area contributed by atoms with E-state index in [1.165, 1.54) is 15.9 Å². The van der Waals surface area contributed by atoms with E-state index in [1.807, 2.05) is 87.5 Å². The molecule has 192 valence electrons. The van der Waals surface area contributed by atoms with Crippen LogP contribution in [0.2, 0.25) is 0 Å². The van der Waals surface area contributed by atoms with Crippen LogP contribution in [0.3, 0.4) is 0 Å². The molecule has 4 aromatic rings. The minimum atomic E-state index is -0.573. The number of nitrogens with zero attached hydrogens (tertiary/aromatic N) is 3. The molecule has 1 aliphatic heterocycles. The summed E-state index contributed by atoms with van der Waals surface area (Å²) < 4.78 is 9.22. The average Bonchev–Trinajstić information content (AvgIpc) is 3.33. The number of ether oxygens (including phenoxy) is 1. The van der Waals surface area contributed by atoms with Gasteiger partial charge in [-0.05, 0) is 50.8 Å². The lowest BCUT2D eigenvalue weighted by Gasteiger charge is -2.34. The van der Waals surface area contributed by atoms with Crippen molar-refractivity contribution in [2.75, 3.05) is 13.1 Å². The van der Waals surface area contributed by atoms with Gasteiger partial charge < -0.3 is 9.64 Å². The van der Waals surface area contributed by atoms with Crippen molar-refractivity contribution in [3.8, 4) is 10.4 Å². The van der Waals surface area contributed by atoms with Gasteiger partial charge in [0.05, 0.1) is 12.1 Å². The third kappa shape index (κ3) is 5.25. The molecule has 0 radical (unpaired) electrons. The standard InChI is InChI=1S/C29H31N3O4S/c1-29(2,3)36-28(35)30-16-14-22(15-17-30)32-26(33)25-23(18-24(37-25)21-12-8-5-9-13-21)31(27(32)34)19-20-10-6-4-7-11-20/h4-13,18,22H,14-17,19H2,1-3H3. The summed E-state index contributed by atoms with van der Waals surface area (Å²) in [5.74, 6) is 0. The van der Waals surface area contributed by atoms with Crippen molar-refractivity contribution in [3.63, 3.8) is 0 Å². The van der Waals surface area contributed by atoms with Crippen LogP contribution < -0.4 is 11.2 Å². The van der Waals surface area contributed by atoms with Crippen molar-refractivity contribution in [2.45, 2.75) is 51.8 Å². The third-order valence-electron chi connectivity index (χ3n) is 6.58. The quantitative estimate of drug-likeness (QED) is 0.358. The number of hydrogen-bond donors (Lipinski definition) is 0. The van der Waals surface area contributed by atoms with Gasteiger partial charge >= 0.3 is 11.8 Å². The maximum Gasteiger partial charge on any atom is 0.410 e. The van der Waals surface area contributed by atoms with E-state index in [1.54, 1.807) is 9.47 Å². The molecule has 37 heavy (non-hydrogen) atoms. The minimum Gasteiger partial charge on any atom is -0.444 e. The van der Waals surface area contributed by atoms with Gasteiger partial charge in [-0.1, -0.05) is 60.7 Å². The maximum absolute atomic E-state index is 13.9. The molecule has 1 saturated heterocycles. The van der Waals surface area contributed by atoms with Gasteiger partial charge in [-0.3, -0.25) is 13.9 Å². The highest BCUT2D eigenvalue weighted by Gasteiger charge is 2.30. The summed E-state index contributed by atoms with van der Waals surface area (Å²) in [5, 5.41) is 0. The summed E-state index contributed by atoms with van der Waals surface area (Å²) in [5.41, 5.74) is 1.52. The lowest BCUT2D eigenvalue weighted by molar-refractivity contribution is 0.0186. The summed E-state index contributed by atoms with van der Waals surface area (Å²) in [7, 11) is 0. The van der Waals surface area contributed by atoms with Crippen LogP contribution in [-0.2, 0) is 11.3 Å². The smallest absolute Gasteiger partial charge is 0.410 e. The van der Waals surface area contributed by atoms with E-state index >= 15 is 0 Å². The Labute approximate surface area is 219 Å². The second kappa shape index (κ2) is 10.0. The van der Waals surface area contributed by atoms with Crippen LogP contribution in [0.5, 0.6) is 0 Å². The molecule has 3 heterocycles. The average molecular weight is 518 g/mol. The van der Waals surface area contributed by atoms with Crippen LogP contribution in [0.1, 0.15) is 45.2 Å². The molecule has 0 N–H and O–H groups in total. The summed E-state index contributed by atoms with van der Waals surface area (Å²) in [6.07, 6.45) is 0.672. The second-order valence-electron chi connectivity index (χ2n) is 10.4. The molecule has 2 aromatic heterocycles. The number of aromatic nitrogens is 2. The predicted octanol–water partition coefficient (Wildman–Crippen LogP) is 5.51. The van der Waals surface area contributed by atoms with E-state index in [4.69, 9.17) is 4.74 Å². The zero-order valence-corrected chi connectivity index (χ0v) is 22.2. The molecule has 0 aliphatic carbocycles. The van der Waals surface area contributed by atoms with E-state index < -0.39 is 5.60 Å². The van der Waals surface area contributed by atoms with Crippen molar-refractivity contribution in [3.05, 3.63) is 93.1 Å². The van der Waals surface area contributed by atoms with Gasteiger partial charge in [-0.15, -0.1) is 11.3 Å². The summed E-state index contributed by atoms with van der Waals surface area (Å²) >= 11 is 1.42. The normalized spacial score (nSPS) is 14.7. The molecule has 0 spiro atoms. The number of fused-ring (bicyclic) bond motifs is 1. The fourth-order valence-electron chi connectivity index (χ4n) is 4.78. The summed E-state index contributed by atoms with van der Waals surface area (Å²) in [4.78, 5) is 42.8. The first-order chi connectivity index (χ1) is 17.7. The van der Waals surface area contributed by atoms with Gasteiger partial charge in [-0.2, -0.15) is 0 Å². The van der Waals surface area contributed by atoms with Crippen LogP contribution >= 0.6 is 11.3 Å². The lowest BCUT2D eigenvalue weighted by Crippen LogP contribution is -2.47. The first-order valence-electron chi connectivity index (χ1n) is 12.6. The van der Waals surface area contributed by atoms with Gasteiger partial charge in [0, 0.05) is 24.0 Å². The zero-order valence-electron chi connectivity index (χ0n) is 21.3.